The first kappa shape index (κ1) is 20.3. The SMILES string of the molecule is Cc1cc(C2=CCC(c3ccc(OCC4OC4C)cc3)C=C2)ccc1OCC1OC1C. The lowest BCUT2D eigenvalue weighted by atomic mass is 9.88. The van der Waals surface area contributed by atoms with Crippen molar-refractivity contribution in [3.05, 3.63) is 77.4 Å². The van der Waals surface area contributed by atoms with Crippen LogP contribution in [0.3, 0.4) is 0 Å². The summed E-state index contributed by atoms with van der Waals surface area (Å²) < 4.78 is 22.5. The first-order valence-electron chi connectivity index (χ1n) is 11.2. The summed E-state index contributed by atoms with van der Waals surface area (Å²) in [5, 5.41) is 0. The highest BCUT2D eigenvalue weighted by molar-refractivity contribution is 5.76. The fraction of sp³-hybridized carbons (Fsp3) is 0.407. The van der Waals surface area contributed by atoms with Crippen LogP contribution in [0.1, 0.15) is 42.9 Å². The fourth-order valence-electron chi connectivity index (χ4n) is 4.04. The second-order valence-corrected chi connectivity index (χ2v) is 8.79. The van der Waals surface area contributed by atoms with E-state index in [2.05, 4.69) is 81.5 Å². The zero-order valence-corrected chi connectivity index (χ0v) is 18.4. The van der Waals surface area contributed by atoms with Crippen LogP contribution in [0.4, 0.5) is 0 Å². The van der Waals surface area contributed by atoms with E-state index in [4.69, 9.17) is 18.9 Å². The summed E-state index contributed by atoms with van der Waals surface area (Å²) in [6.45, 7) is 7.51. The highest BCUT2D eigenvalue weighted by Crippen LogP contribution is 2.33. The molecular weight excluding hydrogens is 388 g/mol. The van der Waals surface area contributed by atoms with Crippen LogP contribution in [0.2, 0.25) is 0 Å². The van der Waals surface area contributed by atoms with E-state index in [0.29, 0.717) is 31.3 Å². The molecule has 2 saturated heterocycles. The molecule has 0 saturated carbocycles. The Morgan fingerprint density at radius 3 is 2.16 bits per heavy atom. The largest absolute Gasteiger partial charge is 0.491 e. The summed E-state index contributed by atoms with van der Waals surface area (Å²) in [7, 11) is 0. The molecule has 31 heavy (non-hydrogen) atoms. The third kappa shape index (κ3) is 4.86. The third-order valence-electron chi connectivity index (χ3n) is 6.41. The van der Waals surface area contributed by atoms with Crippen LogP contribution in [-0.2, 0) is 9.47 Å². The quantitative estimate of drug-likeness (QED) is 0.535. The molecule has 2 aliphatic heterocycles. The van der Waals surface area contributed by atoms with Gasteiger partial charge in [0.2, 0.25) is 0 Å². The van der Waals surface area contributed by atoms with Gasteiger partial charge >= 0.3 is 0 Å². The Morgan fingerprint density at radius 2 is 1.58 bits per heavy atom. The van der Waals surface area contributed by atoms with Crippen LogP contribution < -0.4 is 9.47 Å². The minimum absolute atomic E-state index is 0.247. The summed E-state index contributed by atoms with van der Waals surface area (Å²) in [5.41, 5.74) is 4.97. The number of hydrogen-bond donors (Lipinski definition) is 0. The fourth-order valence-corrected chi connectivity index (χ4v) is 4.04. The predicted molar refractivity (Wildman–Crippen MR) is 122 cm³/mol. The molecule has 2 aromatic rings. The predicted octanol–water partition coefficient (Wildman–Crippen LogP) is 5.45. The number of epoxide rings is 2. The maximum atomic E-state index is 5.92. The molecule has 2 fully saturated rings. The van der Waals surface area contributed by atoms with E-state index in [1.165, 1.54) is 16.7 Å². The summed E-state index contributed by atoms with van der Waals surface area (Å²) in [5.74, 6) is 2.24. The summed E-state index contributed by atoms with van der Waals surface area (Å²) in [6, 6.07) is 14.9. The van der Waals surface area contributed by atoms with Crippen LogP contribution in [0.25, 0.3) is 5.57 Å². The summed E-state index contributed by atoms with van der Waals surface area (Å²) in [4.78, 5) is 0. The summed E-state index contributed by atoms with van der Waals surface area (Å²) >= 11 is 0. The second-order valence-electron chi connectivity index (χ2n) is 8.79. The van der Waals surface area contributed by atoms with Gasteiger partial charge < -0.3 is 18.9 Å². The molecule has 4 heteroatoms. The van der Waals surface area contributed by atoms with E-state index >= 15 is 0 Å². The normalized spacial score (nSPS) is 28.7. The van der Waals surface area contributed by atoms with Gasteiger partial charge in [0.05, 0.1) is 12.2 Å². The van der Waals surface area contributed by atoms with Crippen molar-refractivity contribution in [3.8, 4) is 11.5 Å². The van der Waals surface area contributed by atoms with Gasteiger partial charge in [-0.1, -0.05) is 36.4 Å². The smallest absolute Gasteiger partial charge is 0.122 e. The molecule has 5 atom stereocenters. The highest BCUT2D eigenvalue weighted by atomic mass is 16.6. The van der Waals surface area contributed by atoms with E-state index in [9.17, 15) is 0 Å². The van der Waals surface area contributed by atoms with Gasteiger partial charge in [0.25, 0.3) is 0 Å². The molecule has 5 unspecified atom stereocenters. The van der Waals surface area contributed by atoms with E-state index < -0.39 is 0 Å². The van der Waals surface area contributed by atoms with Crippen molar-refractivity contribution in [1.82, 2.24) is 0 Å². The number of rotatable bonds is 8. The summed E-state index contributed by atoms with van der Waals surface area (Å²) in [6.07, 6.45) is 9.02. The standard InChI is InChI=1S/C27H30O4/c1-17-14-23(10-13-25(17)29-16-27-19(3)31-27)22-6-4-20(5-7-22)21-8-11-24(12-9-21)28-15-26-18(2)30-26/h4,6-14,18-20,26-27H,5,15-16H2,1-3H3. The van der Waals surface area contributed by atoms with Gasteiger partial charge in [-0.15, -0.1) is 0 Å². The molecule has 3 aliphatic rings. The first-order valence-corrected chi connectivity index (χ1v) is 11.2. The maximum Gasteiger partial charge on any atom is 0.122 e. The molecule has 0 spiro atoms. The molecule has 0 aromatic heterocycles. The Hall–Kier alpha value is -2.56. The number of benzene rings is 2. The van der Waals surface area contributed by atoms with Gasteiger partial charge in [-0.3, -0.25) is 0 Å². The van der Waals surface area contributed by atoms with Crippen LogP contribution in [0, 0.1) is 6.92 Å². The number of allylic oxidation sites excluding steroid dienone is 4. The Labute approximate surface area is 184 Å². The van der Waals surface area contributed by atoms with Crippen molar-refractivity contribution < 1.29 is 18.9 Å². The zero-order valence-electron chi connectivity index (χ0n) is 18.4. The molecule has 4 nitrogen and oxygen atoms in total. The zero-order chi connectivity index (χ0) is 21.4. The lowest BCUT2D eigenvalue weighted by Crippen LogP contribution is -2.07. The minimum atomic E-state index is 0.247. The van der Waals surface area contributed by atoms with Crippen molar-refractivity contribution in [1.29, 1.82) is 0 Å². The molecule has 1 aliphatic carbocycles. The molecule has 2 aromatic carbocycles. The average molecular weight is 419 g/mol. The van der Waals surface area contributed by atoms with Crippen molar-refractivity contribution in [2.75, 3.05) is 13.2 Å². The highest BCUT2D eigenvalue weighted by Gasteiger charge is 2.35. The number of aryl methyl sites for hydroxylation is 1. The van der Waals surface area contributed by atoms with Gasteiger partial charge in [-0.2, -0.15) is 0 Å². The minimum Gasteiger partial charge on any atom is -0.491 e. The number of ether oxygens (including phenoxy) is 4. The maximum absolute atomic E-state index is 5.92. The topological polar surface area (TPSA) is 43.5 Å². The first-order chi connectivity index (χ1) is 15.1. The number of hydrogen-bond acceptors (Lipinski definition) is 4. The molecular formula is C27H30O4. The van der Waals surface area contributed by atoms with Crippen LogP contribution in [0.15, 0.2) is 60.7 Å². The van der Waals surface area contributed by atoms with Crippen LogP contribution >= 0.6 is 0 Å². The van der Waals surface area contributed by atoms with Crippen molar-refractivity contribution >= 4 is 5.57 Å². The van der Waals surface area contributed by atoms with E-state index in [1.54, 1.807) is 0 Å². The Bertz CT molecular complexity index is 991. The van der Waals surface area contributed by atoms with Crippen molar-refractivity contribution in [2.45, 2.75) is 57.5 Å². The lowest BCUT2D eigenvalue weighted by Gasteiger charge is -2.18. The van der Waals surface area contributed by atoms with E-state index in [-0.39, 0.29) is 12.2 Å². The van der Waals surface area contributed by atoms with Gasteiger partial charge in [0, 0.05) is 5.92 Å². The lowest BCUT2D eigenvalue weighted by molar-refractivity contribution is 0.259. The van der Waals surface area contributed by atoms with E-state index in [0.717, 1.165) is 23.5 Å². The monoisotopic (exact) mass is 418 g/mol. The van der Waals surface area contributed by atoms with Crippen LogP contribution in [-0.4, -0.2) is 37.6 Å². The van der Waals surface area contributed by atoms with Gasteiger partial charge in [0.1, 0.15) is 36.9 Å². The third-order valence-corrected chi connectivity index (χ3v) is 6.41. The van der Waals surface area contributed by atoms with Gasteiger partial charge in [-0.25, -0.2) is 0 Å². The average Bonchev–Trinajstić information content (AvgIpc) is 3.70. The van der Waals surface area contributed by atoms with E-state index in [1.807, 2.05) is 0 Å². The Morgan fingerprint density at radius 1 is 0.903 bits per heavy atom. The van der Waals surface area contributed by atoms with Crippen molar-refractivity contribution in [2.24, 2.45) is 0 Å². The second kappa shape index (κ2) is 8.52. The van der Waals surface area contributed by atoms with Crippen molar-refractivity contribution in [3.63, 3.8) is 0 Å². The molecule has 0 bridgehead atoms. The molecule has 2 heterocycles. The molecule has 0 radical (unpaired) electrons. The Balaban J connectivity index is 1.17. The molecule has 0 N–H and O–H groups in total. The molecule has 5 rings (SSSR count). The van der Waals surface area contributed by atoms with Gasteiger partial charge in [-0.05, 0) is 73.7 Å². The molecule has 162 valence electrons. The Kier molecular flexibility index (Phi) is 5.59. The van der Waals surface area contributed by atoms with Gasteiger partial charge in [0.15, 0.2) is 0 Å². The van der Waals surface area contributed by atoms with Crippen LogP contribution in [0.5, 0.6) is 11.5 Å². The molecule has 0 amide bonds.